The summed E-state index contributed by atoms with van der Waals surface area (Å²) >= 11 is 0. The van der Waals surface area contributed by atoms with Gasteiger partial charge in [-0.25, -0.2) is 0 Å². The maximum Gasteiger partial charge on any atom is 0.197 e. The van der Waals surface area contributed by atoms with Gasteiger partial charge in [0.2, 0.25) is 0 Å². The summed E-state index contributed by atoms with van der Waals surface area (Å²) < 4.78 is 0. The first-order valence-electron chi connectivity index (χ1n) is 8.54. The van der Waals surface area contributed by atoms with E-state index in [1.807, 2.05) is 52.0 Å². The summed E-state index contributed by atoms with van der Waals surface area (Å²) in [4.78, 5) is 18.8. The molecule has 0 aliphatic carbocycles. The Hall–Kier alpha value is -2.42. The van der Waals surface area contributed by atoms with Crippen molar-refractivity contribution in [2.24, 2.45) is 5.16 Å². The van der Waals surface area contributed by atoms with Gasteiger partial charge in [-0.05, 0) is 50.8 Å². The molecule has 0 aliphatic heterocycles. The number of hydrogen-bond donors (Lipinski definition) is 0. The molecule has 0 saturated carbocycles. The van der Waals surface area contributed by atoms with E-state index in [-0.39, 0.29) is 11.2 Å². The van der Waals surface area contributed by atoms with Gasteiger partial charge in [0, 0.05) is 5.56 Å². The van der Waals surface area contributed by atoms with Crippen LogP contribution in [0.5, 0.6) is 5.75 Å². The molecule has 0 atom stereocenters. The van der Waals surface area contributed by atoms with Crippen molar-refractivity contribution < 1.29 is 9.63 Å². The van der Waals surface area contributed by atoms with Crippen molar-refractivity contribution >= 4 is 11.5 Å². The van der Waals surface area contributed by atoms with Gasteiger partial charge in [-0.15, -0.1) is 0 Å². The third-order valence-electron chi connectivity index (χ3n) is 3.93. The molecule has 0 spiro atoms. The van der Waals surface area contributed by atoms with Crippen LogP contribution in [0.4, 0.5) is 0 Å². The summed E-state index contributed by atoms with van der Waals surface area (Å²) in [6, 6.07) is 11.6. The first-order valence-corrected chi connectivity index (χ1v) is 8.54. The lowest BCUT2D eigenvalue weighted by molar-refractivity contribution is 0.103. The zero-order valence-electron chi connectivity index (χ0n) is 16.2. The quantitative estimate of drug-likeness (QED) is 0.413. The van der Waals surface area contributed by atoms with Crippen LogP contribution in [-0.2, 0) is 5.41 Å². The Morgan fingerprint density at radius 1 is 0.920 bits per heavy atom. The third-order valence-corrected chi connectivity index (χ3v) is 3.93. The number of ketones is 1. The van der Waals surface area contributed by atoms with Crippen LogP contribution >= 0.6 is 0 Å². The summed E-state index contributed by atoms with van der Waals surface area (Å²) in [6.45, 7) is 14.1. The molecule has 132 valence electrons. The van der Waals surface area contributed by atoms with E-state index in [2.05, 4.69) is 32.0 Å². The fourth-order valence-electron chi connectivity index (χ4n) is 2.66. The molecule has 0 aliphatic rings. The summed E-state index contributed by atoms with van der Waals surface area (Å²) in [5, 5.41) is 4.01. The lowest BCUT2D eigenvalue weighted by Crippen LogP contribution is -2.18. The molecule has 0 saturated heterocycles. The second kappa shape index (κ2) is 7.22. The molecule has 0 bridgehead atoms. The van der Waals surface area contributed by atoms with E-state index in [1.54, 1.807) is 6.07 Å². The fourth-order valence-corrected chi connectivity index (χ4v) is 2.66. The van der Waals surface area contributed by atoms with Crippen LogP contribution in [0.15, 0.2) is 41.6 Å². The molecular formula is C22H27NO2. The van der Waals surface area contributed by atoms with E-state index in [9.17, 15) is 4.79 Å². The molecule has 3 heteroatoms. The number of carbonyl (C=O) groups excluding carboxylic acids is 1. The summed E-state index contributed by atoms with van der Waals surface area (Å²) in [5.74, 6) is 0.449. The van der Waals surface area contributed by atoms with Gasteiger partial charge >= 0.3 is 0 Å². The summed E-state index contributed by atoms with van der Waals surface area (Å²) in [6.07, 6.45) is 0. The Kier molecular flexibility index (Phi) is 5.46. The molecule has 0 radical (unpaired) electrons. The van der Waals surface area contributed by atoms with Crippen molar-refractivity contribution in [3.63, 3.8) is 0 Å². The molecule has 3 nitrogen and oxygen atoms in total. The second-order valence-corrected chi connectivity index (χ2v) is 7.76. The average molecular weight is 337 g/mol. The maximum atomic E-state index is 13.3. The van der Waals surface area contributed by atoms with Gasteiger partial charge in [0.1, 0.15) is 0 Å². The SMILES string of the molecule is CC(C)=NOc1ccc(C)cc1C(=O)c1ccc(C)cc1C(C)(C)C. The van der Waals surface area contributed by atoms with Crippen LogP contribution in [-0.4, -0.2) is 11.5 Å². The van der Waals surface area contributed by atoms with E-state index in [0.717, 1.165) is 22.4 Å². The van der Waals surface area contributed by atoms with E-state index in [1.165, 1.54) is 0 Å². The molecule has 0 aromatic heterocycles. The molecule has 0 amide bonds. The van der Waals surface area contributed by atoms with Crippen LogP contribution in [0.1, 0.15) is 67.2 Å². The van der Waals surface area contributed by atoms with Gasteiger partial charge in [-0.2, -0.15) is 0 Å². The number of benzene rings is 2. The molecule has 25 heavy (non-hydrogen) atoms. The Balaban J connectivity index is 2.59. The highest BCUT2D eigenvalue weighted by Gasteiger charge is 2.24. The van der Waals surface area contributed by atoms with Crippen molar-refractivity contribution in [2.45, 2.75) is 53.9 Å². The zero-order valence-corrected chi connectivity index (χ0v) is 16.2. The molecule has 0 unspecified atom stereocenters. The van der Waals surface area contributed by atoms with Crippen molar-refractivity contribution in [1.82, 2.24) is 0 Å². The van der Waals surface area contributed by atoms with Gasteiger partial charge < -0.3 is 4.84 Å². The molecule has 0 fully saturated rings. The molecule has 2 aromatic rings. The Bertz CT molecular complexity index is 822. The highest BCUT2D eigenvalue weighted by molar-refractivity contribution is 6.12. The Labute approximate surface area is 150 Å². The number of aryl methyl sites for hydroxylation is 2. The molecule has 2 aromatic carbocycles. The first kappa shape index (κ1) is 18.9. The lowest BCUT2D eigenvalue weighted by Gasteiger charge is -2.23. The van der Waals surface area contributed by atoms with E-state index >= 15 is 0 Å². The second-order valence-electron chi connectivity index (χ2n) is 7.76. The minimum atomic E-state index is -0.125. The number of oxime groups is 1. The standard InChI is InChI=1S/C22H27NO2/c1-14(2)23-25-20-11-9-15(3)12-18(20)21(24)17-10-8-16(4)13-19(17)22(5,6)7/h8-13H,1-7H3. The number of rotatable bonds is 4. The van der Waals surface area contributed by atoms with Gasteiger partial charge in [0.25, 0.3) is 0 Å². The molecular weight excluding hydrogens is 310 g/mol. The highest BCUT2D eigenvalue weighted by atomic mass is 16.6. The Morgan fingerprint density at radius 3 is 2.12 bits per heavy atom. The van der Waals surface area contributed by atoms with Crippen LogP contribution < -0.4 is 4.84 Å². The highest BCUT2D eigenvalue weighted by Crippen LogP contribution is 2.31. The van der Waals surface area contributed by atoms with Crippen LogP contribution in [0.2, 0.25) is 0 Å². The Morgan fingerprint density at radius 2 is 1.52 bits per heavy atom. The van der Waals surface area contributed by atoms with Gasteiger partial charge in [0.05, 0.1) is 11.3 Å². The largest absolute Gasteiger partial charge is 0.356 e. The van der Waals surface area contributed by atoms with Crippen molar-refractivity contribution in [3.05, 3.63) is 64.2 Å². The average Bonchev–Trinajstić information content (AvgIpc) is 2.52. The summed E-state index contributed by atoms with van der Waals surface area (Å²) in [7, 11) is 0. The predicted molar refractivity (Wildman–Crippen MR) is 104 cm³/mol. The lowest BCUT2D eigenvalue weighted by atomic mass is 9.81. The topological polar surface area (TPSA) is 38.7 Å². The van der Waals surface area contributed by atoms with E-state index < -0.39 is 0 Å². The van der Waals surface area contributed by atoms with Crippen LogP contribution in [0.3, 0.4) is 0 Å². The molecule has 0 heterocycles. The minimum absolute atomic E-state index is 0.0346. The van der Waals surface area contributed by atoms with E-state index in [4.69, 9.17) is 4.84 Å². The smallest absolute Gasteiger partial charge is 0.197 e. The number of carbonyl (C=O) groups is 1. The fraction of sp³-hybridized carbons (Fsp3) is 0.364. The zero-order chi connectivity index (χ0) is 18.8. The minimum Gasteiger partial charge on any atom is -0.356 e. The van der Waals surface area contributed by atoms with Crippen molar-refractivity contribution in [3.8, 4) is 5.75 Å². The van der Waals surface area contributed by atoms with Crippen molar-refractivity contribution in [1.29, 1.82) is 0 Å². The number of hydrogen-bond acceptors (Lipinski definition) is 3. The van der Waals surface area contributed by atoms with Gasteiger partial charge in [-0.3, -0.25) is 4.79 Å². The van der Waals surface area contributed by atoms with Crippen LogP contribution in [0, 0.1) is 13.8 Å². The normalized spacial score (nSPS) is 11.2. The first-order chi connectivity index (χ1) is 11.6. The molecule has 0 N–H and O–H groups in total. The van der Waals surface area contributed by atoms with Crippen molar-refractivity contribution in [2.75, 3.05) is 0 Å². The van der Waals surface area contributed by atoms with Gasteiger partial charge in [-0.1, -0.05) is 61.3 Å². The van der Waals surface area contributed by atoms with E-state index in [0.29, 0.717) is 16.9 Å². The molecule has 2 rings (SSSR count). The van der Waals surface area contributed by atoms with Gasteiger partial charge in [0.15, 0.2) is 11.5 Å². The third kappa shape index (κ3) is 4.56. The van der Waals surface area contributed by atoms with Crippen LogP contribution in [0.25, 0.3) is 0 Å². The maximum absolute atomic E-state index is 13.3. The monoisotopic (exact) mass is 337 g/mol. The predicted octanol–water partition coefficient (Wildman–Crippen LogP) is 5.61. The summed E-state index contributed by atoms with van der Waals surface area (Å²) in [5.41, 5.74) is 5.13. The number of nitrogens with zero attached hydrogens (tertiary/aromatic N) is 1.